The lowest BCUT2D eigenvalue weighted by Crippen LogP contribution is -2.44. The van der Waals surface area contributed by atoms with Crippen LogP contribution in [-0.2, 0) is 4.74 Å². The third-order valence-corrected chi connectivity index (χ3v) is 8.45. The summed E-state index contributed by atoms with van der Waals surface area (Å²) in [4.78, 5) is 11.4. The van der Waals surface area contributed by atoms with Crippen molar-refractivity contribution in [2.45, 2.75) is 43.7 Å². The second-order valence-electron chi connectivity index (χ2n) is 11.3. The highest BCUT2D eigenvalue weighted by Gasteiger charge is 2.34. The second-order valence-corrected chi connectivity index (χ2v) is 11.3. The van der Waals surface area contributed by atoms with E-state index >= 15 is 0 Å². The maximum atomic E-state index is 11.3. The summed E-state index contributed by atoms with van der Waals surface area (Å²) < 4.78 is 13.6. The van der Waals surface area contributed by atoms with Gasteiger partial charge in [-0.25, -0.2) is 9.97 Å². The summed E-state index contributed by atoms with van der Waals surface area (Å²) in [6, 6.07) is 18.0. The number of para-hydroxylation sites is 1. The van der Waals surface area contributed by atoms with Crippen molar-refractivity contribution in [1.29, 1.82) is 0 Å². The number of aromatic nitrogens is 3. The van der Waals surface area contributed by atoms with Crippen LogP contribution in [0, 0.1) is 0 Å². The zero-order valence-corrected chi connectivity index (χ0v) is 23.5. The topological polar surface area (TPSA) is 111 Å². The van der Waals surface area contributed by atoms with Crippen LogP contribution in [0.2, 0.25) is 0 Å². The van der Waals surface area contributed by atoms with Gasteiger partial charge >= 0.3 is 0 Å². The van der Waals surface area contributed by atoms with Gasteiger partial charge < -0.3 is 30.2 Å². The van der Waals surface area contributed by atoms with Crippen molar-refractivity contribution in [3.05, 3.63) is 67.1 Å². The minimum absolute atomic E-state index is 0.239. The molecule has 0 spiro atoms. The van der Waals surface area contributed by atoms with Crippen LogP contribution in [0.1, 0.15) is 38.1 Å². The molecule has 0 amide bonds. The number of hydrogen-bond acceptors (Lipinski definition) is 8. The first-order chi connectivity index (χ1) is 20.1. The minimum Gasteiger partial charge on any atom is -0.457 e. The van der Waals surface area contributed by atoms with Gasteiger partial charge in [-0.2, -0.15) is 0 Å². The Morgan fingerprint density at radius 1 is 1.00 bits per heavy atom. The average Bonchev–Trinajstić information content (AvgIpc) is 3.40. The van der Waals surface area contributed by atoms with Crippen LogP contribution in [0.4, 0.5) is 5.82 Å². The molecule has 1 aliphatic carbocycles. The lowest BCUT2D eigenvalue weighted by atomic mass is 9.82. The number of hydrogen-bond donors (Lipinski definition) is 3. The Morgan fingerprint density at radius 2 is 1.73 bits per heavy atom. The van der Waals surface area contributed by atoms with E-state index in [-0.39, 0.29) is 6.04 Å². The van der Waals surface area contributed by atoms with E-state index in [0.717, 1.165) is 105 Å². The van der Waals surface area contributed by atoms with Crippen molar-refractivity contribution in [3.63, 3.8) is 0 Å². The number of nitrogens with one attached hydrogen (secondary N) is 1. The van der Waals surface area contributed by atoms with Gasteiger partial charge in [0.2, 0.25) is 0 Å². The molecule has 41 heavy (non-hydrogen) atoms. The standard InChI is InChI=1S/C32H40N6O3/c33-30-29-28(24-7-9-27(10-8-24)41-26-5-2-1-3-6-26)21-38(31(29)36-23-35-30)25-11-13-32(39,14-12-25)22-34-15-4-16-37-17-19-40-20-18-37/h1-3,5-10,21,23,25,34,39H,4,11-20,22H2,(H2,33,35,36). The van der Waals surface area contributed by atoms with E-state index in [9.17, 15) is 5.11 Å². The highest BCUT2D eigenvalue weighted by Crippen LogP contribution is 2.40. The first-order valence-corrected chi connectivity index (χ1v) is 14.8. The normalized spacial score (nSPS) is 21.7. The van der Waals surface area contributed by atoms with Crippen LogP contribution in [0.15, 0.2) is 67.1 Å². The maximum Gasteiger partial charge on any atom is 0.146 e. The van der Waals surface area contributed by atoms with Gasteiger partial charge in [0.15, 0.2) is 0 Å². The molecule has 2 aromatic heterocycles. The molecule has 9 heteroatoms. The first-order valence-electron chi connectivity index (χ1n) is 14.8. The Balaban J connectivity index is 1.10. The van der Waals surface area contributed by atoms with Crippen LogP contribution in [0.25, 0.3) is 22.2 Å². The molecule has 3 heterocycles. The highest BCUT2D eigenvalue weighted by atomic mass is 16.5. The Morgan fingerprint density at radius 3 is 2.49 bits per heavy atom. The SMILES string of the molecule is Nc1ncnc2c1c(-c1ccc(Oc3ccccc3)cc1)cn2C1CCC(O)(CNCCCN2CCOCC2)CC1. The van der Waals surface area contributed by atoms with E-state index in [1.54, 1.807) is 0 Å². The van der Waals surface area contributed by atoms with Crippen molar-refractivity contribution in [1.82, 2.24) is 24.8 Å². The molecule has 0 radical (unpaired) electrons. The molecule has 4 aromatic rings. The Hall–Kier alpha value is -3.50. The fourth-order valence-corrected chi connectivity index (χ4v) is 6.10. The number of ether oxygens (including phenoxy) is 2. The molecule has 1 aliphatic heterocycles. The summed E-state index contributed by atoms with van der Waals surface area (Å²) in [5.41, 5.74) is 8.60. The number of nitrogen functional groups attached to an aromatic ring is 1. The van der Waals surface area contributed by atoms with Crippen molar-refractivity contribution < 1.29 is 14.6 Å². The predicted molar refractivity (Wildman–Crippen MR) is 161 cm³/mol. The molecule has 216 valence electrons. The minimum atomic E-state index is -0.677. The van der Waals surface area contributed by atoms with Crippen molar-refractivity contribution in [3.8, 4) is 22.6 Å². The van der Waals surface area contributed by atoms with Gasteiger partial charge in [-0.05, 0) is 75.0 Å². The van der Waals surface area contributed by atoms with Gasteiger partial charge in [0, 0.05) is 37.4 Å². The number of rotatable bonds is 10. The number of anilines is 1. The smallest absolute Gasteiger partial charge is 0.146 e. The zero-order chi connectivity index (χ0) is 28.1. The van der Waals surface area contributed by atoms with E-state index < -0.39 is 5.60 Å². The highest BCUT2D eigenvalue weighted by molar-refractivity contribution is 6.00. The Kier molecular flexibility index (Phi) is 8.48. The molecule has 4 N–H and O–H groups in total. The molecule has 2 aliphatic rings. The van der Waals surface area contributed by atoms with Gasteiger partial charge in [-0.15, -0.1) is 0 Å². The number of morpholine rings is 1. The van der Waals surface area contributed by atoms with Crippen LogP contribution in [-0.4, -0.2) is 76.1 Å². The fraction of sp³-hybridized carbons (Fsp3) is 0.438. The number of benzene rings is 2. The number of nitrogens with two attached hydrogens (primary N) is 1. The van der Waals surface area contributed by atoms with E-state index in [0.29, 0.717) is 12.4 Å². The van der Waals surface area contributed by atoms with Gasteiger partial charge in [0.25, 0.3) is 0 Å². The average molecular weight is 557 g/mol. The summed E-state index contributed by atoms with van der Waals surface area (Å²) >= 11 is 0. The molecule has 0 unspecified atom stereocenters. The van der Waals surface area contributed by atoms with E-state index in [2.05, 4.69) is 30.9 Å². The Bertz CT molecular complexity index is 1410. The number of fused-ring (bicyclic) bond motifs is 1. The lowest BCUT2D eigenvalue weighted by Gasteiger charge is -2.37. The van der Waals surface area contributed by atoms with Gasteiger partial charge in [-0.3, -0.25) is 4.90 Å². The molecule has 0 atom stereocenters. The summed E-state index contributed by atoms with van der Waals surface area (Å²) in [5.74, 6) is 2.05. The molecule has 6 rings (SSSR count). The van der Waals surface area contributed by atoms with Gasteiger partial charge in [-0.1, -0.05) is 30.3 Å². The summed E-state index contributed by atoms with van der Waals surface area (Å²) in [6.45, 7) is 6.33. The molecule has 9 nitrogen and oxygen atoms in total. The molecule has 1 saturated heterocycles. The predicted octanol–water partition coefficient (Wildman–Crippen LogP) is 4.63. The van der Waals surface area contributed by atoms with Crippen molar-refractivity contribution in [2.75, 3.05) is 51.7 Å². The molecular weight excluding hydrogens is 516 g/mol. The quantitative estimate of drug-likeness (QED) is 0.243. The van der Waals surface area contributed by atoms with Crippen molar-refractivity contribution in [2.24, 2.45) is 0 Å². The second kappa shape index (κ2) is 12.6. The number of nitrogens with zero attached hydrogens (tertiary/aromatic N) is 4. The Labute approximate surface area is 241 Å². The first kappa shape index (κ1) is 27.7. The largest absolute Gasteiger partial charge is 0.457 e. The molecule has 2 fully saturated rings. The lowest BCUT2D eigenvalue weighted by molar-refractivity contribution is -0.00624. The monoisotopic (exact) mass is 556 g/mol. The fourth-order valence-electron chi connectivity index (χ4n) is 6.10. The van der Waals surface area contributed by atoms with E-state index in [4.69, 9.17) is 15.2 Å². The molecule has 2 aromatic carbocycles. The van der Waals surface area contributed by atoms with Crippen LogP contribution >= 0.6 is 0 Å². The van der Waals surface area contributed by atoms with Crippen LogP contribution < -0.4 is 15.8 Å². The third kappa shape index (κ3) is 6.54. The zero-order valence-electron chi connectivity index (χ0n) is 23.5. The molecule has 0 bridgehead atoms. The summed E-state index contributed by atoms with van der Waals surface area (Å²) in [6.07, 6.45) is 8.02. The molecule has 1 saturated carbocycles. The summed E-state index contributed by atoms with van der Waals surface area (Å²) in [5, 5.41) is 15.7. The van der Waals surface area contributed by atoms with Gasteiger partial charge in [0.05, 0.1) is 24.2 Å². The maximum absolute atomic E-state index is 11.3. The van der Waals surface area contributed by atoms with Crippen LogP contribution in [0.3, 0.4) is 0 Å². The molecular formula is C32H40N6O3. The van der Waals surface area contributed by atoms with Gasteiger partial charge in [0.1, 0.15) is 29.3 Å². The van der Waals surface area contributed by atoms with Crippen molar-refractivity contribution >= 4 is 16.9 Å². The van der Waals surface area contributed by atoms with E-state index in [1.165, 1.54) is 6.33 Å². The van der Waals surface area contributed by atoms with Crippen LogP contribution in [0.5, 0.6) is 11.5 Å². The summed E-state index contributed by atoms with van der Waals surface area (Å²) in [7, 11) is 0. The number of aliphatic hydroxyl groups is 1. The third-order valence-electron chi connectivity index (χ3n) is 8.45. The van der Waals surface area contributed by atoms with E-state index in [1.807, 2.05) is 54.6 Å².